The van der Waals surface area contributed by atoms with Gasteiger partial charge in [-0.3, -0.25) is 9.48 Å². The third-order valence-corrected chi connectivity index (χ3v) is 3.90. The number of aliphatic hydroxyl groups excluding tert-OH is 1. The van der Waals surface area contributed by atoms with Gasteiger partial charge < -0.3 is 16.2 Å². The molecular weight excluding hydrogens is 244 g/mol. The Labute approximate surface area is 113 Å². The molecule has 1 fully saturated rings. The largest absolute Gasteiger partial charge is 0.396 e. The number of nitrogens with one attached hydrogen (secondary N) is 1. The van der Waals surface area contributed by atoms with Crippen LogP contribution in [0.3, 0.4) is 0 Å². The summed E-state index contributed by atoms with van der Waals surface area (Å²) < 4.78 is 1.50. The SMILES string of the molecule is CC1CCC(CO)(NC(=O)Cn2cc(N)cn2)CC1. The summed E-state index contributed by atoms with van der Waals surface area (Å²) in [4.78, 5) is 12.0. The number of nitrogens with zero attached hydrogens (tertiary/aromatic N) is 2. The van der Waals surface area contributed by atoms with E-state index >= 15 is 0 Å². The topological polar surface area (TPSA) is 93.2 Å². The van der Waals surface area contributed by atoms with E-state index in [2.05, 4.69) is 17.3 Å². The van der Waals surface area contributed by atoms with E-state index in [-0.39, 0.29) is 19.1 Å². The molecule has 0 bridgehead atoms. The molecule has 0 spiro atoms. The molecule has 1 saturated carbocycles. The van der Waals surface area contributed by atoms with E-state index in [1.165, 1.54) is 10.9 Å². The van der Waals surface area contributed by atoms with Gasteiger partial charge in [-0.15, -0.1) is 0 Å². The van der Waals surface area contributed by atoms with Crippen molar-refractivity contribution < 1.29 is 9.90 Å². The fraction of sp³-hybridized carbons (Fsp3) is 0.692. The second-order valence-corrected chi connectivity index (χ2v) is 5.64. The molecule has 1 heterocycles. The van der Waals surface area contributed by atoms with E-state index in [0.29, 0.717) is 11.6 Å². The summed E-state index contributed by atoms with van der Waals surface area (Å²) in [6.45, 7) is 2.33. The van der Waals surface area contributed by atoms with Crippen LogP contribution in [0.5, 0.6) is 0 Å². The van der Waals surface area contributed by atoms with Crippen molar-refractivity contribution in [1.82, 2.24) is 15.1 Å². The Bertz CT molecular complexity index is 436. The molecule has 0 atom stereocenters. The van der Waals surface area contributed by atoms with Crippen molar-refractivity contribution >= 4 is 11.6 Å². The van der Waals surface area contributed by atoms with E-state index in [9.17, 15) is 9.90 Å². The number of aliphatic hydroxyl groups is 1. The second kappa shape index (κ2) is 5.61. The maximum absolute atomic E-state index is 12.0. The Hall–Kier alpha value is -1.56. The standard InChI is InChI=1S/C13H22N4O2/c1-10-2-4-13(9-18,5-3-10)16-12(19)8-17-7-11(14)6-15-17/h6-7,10,18H,2-5,8-9,14H2,1H3,(H,16,19). The molecule has 0 saturated heterocycles. The van der Waals surface area contributed by atoms with Gasteiger partial charge in [0.25, 0.3) is 0 Å². The minimum atomic E-state index is -0.456. The number of rotatable bonds is 4. The molecule has 4 N–H and O–H groups in total. The van der Waals surface area contributed by atoms with Gasteiger partial charge in [0.05, 0.1) is 24.0 Å². The van der Waals surface area contributed by atoms with Crippen molar-refractivity contribution in [3.05, 3.63) is 12.4 Å². The van der Waals surface area contributed by atoms with Gasteiger partial charge in [-0.05, 0) is 31.6 Å². The Morgan fingerprint density at radius 1 is 1.63 bits per heavy atom. The molecular formula is C13H22N4O2. The van der Waals surface area contributed by atoms with Crippen LogP contribution in [0.2, 0.25) is 0 Å². The summed E-state index contributed by atoms with van der Waals surface area (Å²) in [5.41, 5.74) is 5.63. The van der Waals surface area contributed by atoms with Crippen molar-refractivity contribution in [3.63, 3.8) is 0 Å². The fourth-order valence-electron chi connectivity index (χ4n) is 2.59. The summed E-state index contributed by atoms with van der Waals surface area (Å²) >= 11 is 0. The van der Waals surface area contributed by atoms with Gasteiger partial charge in [0.1, 0.15) is 6.54 Å². The van der Waals surface area contributed by atoms with Gasteiger partial charge in [0.2, 0.25) is 5.91 Å². The Morgan fingerprint density at radius 2 is 2.32 bits per heavy atom. The zero-order chi connectivity index (χ0) is 13.9. The molecule has 0 aromatic carbocycles. The molecule has 1 aromatic rings. The number of aromatic nitrogens is 2. The highest BCUT2D eigenvalue weighted by molar-refractivity contribution is 5.76. The third-order valence-electron chi connectivity index (χ3n) is 3.90. The van der Waals surface area contributed by atoms with Crippen molar-refractivity contribution in [1.29, 1.82) is 0 Å². The molecule has 2 rings (SSSR count). The highest BCUT2D eigenvalue weighted by atomic mass is 16.3. The number of nitrogen functional groups attached to an aromatic ring is 1. The van der Waals surface area contributed by atoms with Crippen LogP contribution in [-0.2, 0) is 11.3 Å². The van der Waals surface area contributed by atoms with Gasteiger partial charge in [-0.1, -0.05) is 6.92 Å². The normalized spacial score (nSPS) is 27.2. The monoisotopic (exact) mass is 266 g/mol. The average molecular weight is 266 g/mol. The molecule has 1 aliphatic carbocycles. The first-order chi connectivity index (χ1) is 9.03. The number of carbonyl (C=O) groups excluding carboxylic acids is 1. The number of anilines is 1. The lowest BCUT2D eigenvalue weighted by Gasteiger charge is -2.38. The first-order valence-corrected chi connectivity index (χ1v) is 6.73. The molecule has 6 nitrogen and oxygen atoms in total. The zero-order valence-electron chi connectivity index (χ0n) is 11.3. The van der Waals surface area contributed by atoms with Crippen LogP contribution >= 0.6 is 0 Å². The van der Waals surface area contributed by atoms with Crippen LogP contribution < -0.4 is 11.1 Å². The highest BCUT2D eigenvalue weighted by Crippen LogP contribution is 2.31. The summed E-state index contributed by atoms with van der Waals surface area (Å²) in [6.07, 6.45) is 6.87. The van der Waals surface area contributed by atoms with Gasteiger partial charge in [-0.2, -0.15) is 5.10 Å². The smallest absolute Gasteiger partial charge is 0.242 e. The number of amides is 1. The van der Waals surface area contributed by atoms with Crippen molar-refractivity contribution in [2.24, 2.45) is 5.92 Å². The number of carbonyl (C=O) groups is 1. The molecule has 0 radical (unpaired) electrons. The summed E-state index contributed by atoms with van der Waals surface area (Å²) in [5, 5.41) is 16.5. The van der Waals surface area contributed by atoms with E-state index in [4.69, 9.17) is 5.73 Å². The number of nitrogens with two attached hydrogens (primary N) is 1. The minimum absolute atomic E-state index is 0.00724. The van der Waals surface area contributed by atoms with Gasteiger partial charge in [-0.25, -0.2) is 0 Å². The Morgan fingerprint density at radius 3 is 2.84 bits per heavy atom. The van der Waals surface area contributed by atoms with E-state index in [1.54, 1.807) is 6.20 Å². The Balaban J connectivity index is 1.93. The number of hydrogen-bond acceptors (Lipinski definition) is 4. The van der Waals surface area contributed by atoms with Crippen LogP contribution in [0.25, 0.3) is 0 Å². The predicted molar refractivity (Wildman–Crippen MR) is 72.2 cm³/mol. The first-order valence-electron chi connectivity index (χ1n) is 6.73. The molecule has 1 amide bonds. The van der Waals surface area contributed by atoms with Gasteiger partial charge in [0, 0.05) is 6.20 Å². The maximum atomic E-state index is 12.0. The molecule has 19 heavy (non-hydrogen) atoms. The molecule has 0 aliphatic heterocycles. The van der Waals surface area contributed by atoms with Crippen LogP contribution in [-0.4, -0.2) is 32.9 Å². The van der Waals surface area contributed by atoms with E-state index < -0.39 is 5.54 Å². The summed E-state index contributed by atoms with van der Waals surface area (Å²) in [6, 6.07) is 0. The van der Waals surface area contributed by atoms with Gasteiger partial charge in [0.15, 0.2) is 0 Å². The lowest BCUT2D eigenvalue weighted by molar-refractivity contribution is -0.125. The molecule has 6 heteroatoms. The van der Waals surface area contributed by atoms with Crippen molar-refractivity contribution in [3.8, 4) is 0 Å². The Kier molecular flexibility index (Phi) is 4.09. The van der Waals surface area contributed by atoms with Crippen LogP contribution in [0, 0.1) is 5.92 Å². The zero-order valence-corrected chi connectivity index (χ0v) is 11.3. The predicted octanol–water partition coefficient (Wildman–Crippen LogP) is 0.523. The summed E-state index contributed by atoms with van der Waals surface area (Å²) in [5.74, 6) is 0.536. The van der Waals surface area contributed by atoms with Gasteiger partial charge >= 0.3 is 0 Å². The lowest BCUT2D eigenvalue weighted by Crippen LogP contribution is -2.54. The number of hydrogen-bond donors (Lipinski definition) is 3. The molecule has 1 aliphatic rings. The minimum Gasteiger partial charge on any atom is -0.396 e. The second-order valence-electron chi connectivity index (χ2n) is 5.64. The fourth-order valence-corrected chi connectivity index (χ4v) is 2.59. The van der Waals surface area contributed by atoms with E-state index in [1.807, 2.05) is 0 Å². The van der Waals surface area contributed by atoms with Crippen LogP contribution in [0.1, 0.15) is 32.6 Å². The van der Waals surface area contributed by atoms with Crippen LogP contribution in [0.15, 0.2) is 12.4 Å². The average Bonchev–Trinajstić information content (AvgIpc) is 2.78. The highest BCUT2D eigenvalue weighted by Gasteiger charge is 2.34. The lowest BCUT2D eigenvalue weighted by atomic mass is 9.77. The van der Waals surface area contributed by atoms with E-state index in [0.717, 1.165) is 25.7 Å². The molecule has 1 aromatic heterocycles. The van der Waals surface area contributed by atoms with Crippen molar-refractivity contribution in [2.75, 3.05) is 12.3 Å². The quantitative estimate of drug-likeness (QED) is 0.740. The van der Waals surface area contributed by atoms with Crippen molar-refractivity contribution in [2.45, 2.75) is 44.7 Å². The summed E-state index contributed by atoms with van der Waals surface area (Å²) in [7, 11) is 0. The third kappa shape index (κ3) is 3.47. The molecule has 0 unspecified atom stereocenters. The first kappa shape index (κ1) is 13.9. The molecule has 106 valence electrons. The van der Waals surface area contributed by atoms with Crippen LogP contribution in [0.4, 0.5) is 5.69 Å². The maximum Gasteiger partial charge on any atom is 0.242 e.